The van der Waals surface area contributed by atoms with E-state index in [2.05, 4.69) is 11.9 Å². The summed E-state index contributed by atoms with van der Waals surface area (Å²) < 4.78 is 11.0. The zero-order valence-corrected chi connectivity index (χ0v) is 17.6. The third-order valence-electron chi connectivity index (χ3n) is 4.87. The predicted molar refractivity (Wildman–Crippen MR) is 119 cm³/mol. The first-order valence-corrected chi connectivity index (χ1v) is 10.6. The van der Waals surface area contributed by atoms with E-state index in [1.165, 1.54) is 50.3 Å². The van der Waals surface area contributed by atoms with E-state index >= 15 is 0 Å². The van der Waals surface area contributed by atoms with Crippen molar-refractivity contribution in [3.05, 3.63) is 75.5 Å². The molecule has 0 aliphatic carbocycles. The van der Waals surface area contributed by atoms with E-state index in [0.717, 1.165) is 17.7 Å². The number of cyclic esters (lactones) is 1. The van der Waals surface area contributed by atoms with Gasteiger partial charge in [-0.15, -0.1) is 0 Å². The number of hydrogen-bond acceptors (Lipinski definition) is 6. The molecule has 1 aliphatic heterocycles. The number of hydrogen-bond donors (Lipinski definition) is 0. The van der Waals surface area contributed by atoms with Crippen molar-refractivity contribution in [2.24, 2.45) is 4.99 Å². The van der Waals surface area contributed by atoms with Crippen LogP contribution in [0, 0.1) is 10.1 Å². The molecule has 2 aromatic rings. The topological polar surface area (TPSA) is 91.0 Å². The lowest BCUT2D eigenvalue weighted by molar-refractivity contribution is -0.384. The van der Waals surface area contributed by atoms with Crippen LogP contribution in [0.5, 0.6) is 5.75 Å². The summed E-state index contributed by atoms with van der Waals surface area (Å²) in [6.45, 7) is 2.90. The maximum Gasteiger partial charge on any atom is 0.363 e. The van der Waals surface area contributed by atoms with Gasteiger partial charge in [0.15, 0.2) is 5.70 Å². The molecule has 31 heavy (non-hydrogen) atoms. The fraction of sp³-hybridized carbons (Fsp3) is 0.333. The molecule has 0 saturated heterocycles. The first-order valence-electron chi connectivity index (χ1n) is 10.6. The fourth-order valence-electron chi connectivity index (χ4n) is 3.18. The zero-order chi connectivity index (χ0) is 22.1. The summed E-state index contributed by atoms with van der Waals surface area (Å²) in [6.07, 6.45) is 8.91. The number of benzene rings is 2. The highest BCUT2D eigenvalue weighted by Crippen LogP contribution is 2.22. The van der Waals surface area contributed by atoms with Gasteiger partial charge in [0, 0.05) is 17.7 Å². The molecule has 0 saturated carbocycles. The Hall–Kier alpha value is -3.48. The van der Waals surface area contributed by atoms with Crippen molar-refractivity contribution in [2.75, 3.05) is 6.61 Å². The number of non-ortho nitro benzene ring substituents is 1. The number of aliphatic imine (C=N–C) groups is 1. The van der Waals surface area contributed by atoms with Crippen molar-refractivity contribution in [2.45, 2.75) is 45.4 Å². The minimum absolute atomic E-state index is 0.0545. The minimum atomic E-state index is -0.593. The number of unbranched alkanes of at least 4 members (excludes halogenated alkanes) is 5. The number of carbonyl (C=O) groups is 1. The summed E-state index contributed by atoms with van der Waals surface area (Å²) in [5, 5.41) is 10.9. The second-order valence-corrected chi connectivity index (χ2v) is 7.33. The van der Waals surface area contributed by atoms with Crippen molar-refractivity contribution >= 4 is 23.6 Å². The second kappa shape index (κ2) is 11.1. The molecule has 162 valence electrons. The first kappa shape index (κ1) is 22.2. The van der Waals surface area contributed by atoms with Crippen molar-refractivity contribution in [3.63, 3.8) is 0 Å². The summed E-state index contributed by atoms with van der Waals surface area (Å²) >= 11 is 0. The van der Waals surface area contributed by atoms with E-state index in [9.17, 15) is 14.9 Å². The van der Waals surface area contributed by atoms with Gasteiger partial charge in [-0.05, 0) is 36.3 Å². The summed E-state index contributed by atoms with van der Waals surface area (Å²) in [4.78, 5) is 26.8. The maximum atomic E-state index is 12.2. The van der Waals surface area contributed by atoms with Crippen LogP contribution in [-0.4, -0.2) is 23.4 Å². The number of nitrogens with zero attached hydrogens (tertiary/aromatic N) is 2. The molecule has 0 fully saturated rings. The first-order chi connectivity index (χ1) is 15.1. The van der Waals surface area contributed by atoms with Gasteiger partial charge in [0.1, 0.15) is 5.75 Å². The normalized spacial score (nSPS) is 14.4. The van der Waals surface area contributed by atoms with Gasteiger partial charge in [-0.2, -0.15) is 0 Å². The Bertz CT molecular complexity index is 980. The number of nitro groups is 1. The molecule has 0 N–H and O–H groups in total. The standard InChI is InChI=1S/C24H26N2O5/c1-2-3-4-5-6-7-15-30-21-13-11-18(12-14-21)16-22-24(27)31-23(25-22)19-9-8-10-20(17-19)26(28)29/h8-14,16-17H,2-7,15H2,1H3/b22-16-. The van der Waals surface area contributed by atoms with Gasteiger partial charge in [0.2, 0.25) is 5.90 Å². The van der Waals surface area contributed by atoms with Crippen LogP contribution in [0.4, 0.5) is 5.69 Å². The molecular weight excluding hydrogens is 396 g/mol. The van der Waals surface area contributed by atoms with Crippen LogP contribution in [0.15, 0.2) is 59.2 Å². The Kier molecular flexibility index (Phi) is 7.92. The lowest BCUT2D eigenvalue weighted by Crippen LogP contribution is -2.05. The largest absolute Gasteiger partial charge is 0.494 e. The van der Waals surface area contributed by atoms with E-state index in [1.807, 2.05) is 24.3 Å². The average molecular weight is 422 g/mol. The maximum absolute atomic E-state index is 12.2. The van der Waals surface area contributed by atoms with Gasteiger partial charge in [-0.1, -0.05) is 57.2 Å². The summed E-state index contributed by atoms with van der Waals surface area (Å²) in [6, 6.07) is 13.2. The van der Waals surface area contributed by atoms with Crippen molar-refractivity contribution in [1.29, 1.82) is 0 Å². The van der Waals surface area contributed by atoms with Crippen LogP contribution < -0.4 is 4.74 Å². The molecule has 1 heterocycles. The molecule has 0 bridgehead atoms. The van der Waals surface area contributed by atoms with E-state index < -0.39 is 10.9 Å². The number of rotatable bonds is 11. The third kappa shape index (κ3) is 6.50. The minimum Gasteiger partial charge on any atom is -0.494 e. The van der Waals surface area contributed by atoms with Crippen LogP contribution in [0.3, 0.4) is 0 Å². The molecule has 0 spiro atoms. The predicted octanol–water partition coefficient (Wildman–Crippen LogP) is 5.68. The fourth-order valence-corrected chi connectivity index (χ4v) is 3.18. The van der Waals surface area contributed by atoms with Gasteiger partial charge in [-0.3, -0.25) is 10.1 Å². The summed E-state index contributed by atoms with van der Waals surface area (Å²) in [5.74, 6) is 0.245. The van der Waals surface area contributed by atoms with Crippen molar-refractivity contribution in [3.8, 4) is 5.75 Å². The van der Waals surface area contributed by atoms with Gasteiger partial charge in [-0.25, -0.2) is 9.79 Å². The summed E-state index contributed by atoms with van der Waals surface area (Å²) in [5.41, 5.74) is 1.21. The highest BCUT2D eigenvalue weighted by molar-refractivity contribution is 6.13. The highest BCUT2D eigenvalue weighted by Gasteiger charge is 2.25. The van der Waals surface area contributed by atoms with Crippen molar-refractivity contribution in [1.82, 2.24) is 0 Å². The zero-order valence-electron chi connectivity index (χ0n) is 17.6. The van der Waals surface area contributed by atoms with Crippen molar-refractivity contribution < 1.29 is 19.2 Å². The van der Waals surface area contributed by atoms with E-state index in [-0.39, 0.29) is 17.3 Å². The average Bonchev–Trinajstić information content (AvgIpc) is 3.14. The quantitative estimate of drug-likeness (QED) is 0.153. The Labute approximate surface area is 181 Å². The second-order valence-electron chi connectivity index (χ2n) is 7.33. The summed E-state index contributed by atoms with van der Waals surface area (Å²) in [7, 11) is 0. The number of carbonyl (C=O) groups excluding carboxylic acids is 1. The SMILES string of the molecule is CCCCCCCCOc1ccc(/C=C2\N=C(c3cccc([N+](=O)[O-])c3)OC2=O)cc1. The lowest BCUT2D eigenvalue weighted by Gasteiger charge is -2.06. The van der Waals surface area contributed by atoms with Gasteiger partial charge in [0.25, 0.3) is 5.69 Å². The molecule has 7 heteroatoms. The van der Waals surface area contributed by atoms with Crippen LogP contribution >= 0.6 is 0 Å². The Morgan fingerprint density at radius 3 is 2.55 bits per heavy atom. The Balaban J connectivity index is 1.58. The molecular formula is C24H26N2O5. The monoisotopic (exact) mass is 422 g/mol. The van der Waals surface area contributed by atoms with E-state index in [1.54, 1.807) is 12.1 Å². The van der Waals surface area contributed by atoms with Gasteiger partial charge >= 0.3 is 5.97 Å². The molecule has 7 nitrogen and oxygen atoms in total. The van der Waals surface area contributed by atoms with Crippen LogP contribution in [0.2, 0.25) is 0 Å². The van der Waals surface area contributed by atoms with Crippen LogP contribution in [-0.2, 0) is 9.53 Å². The lowest BCUT2D eigenvalue weighted by atomic mass is 10.1. The smallest absolute Gasteiger partial charge is 0.363 e. The van der Waals surface area contributed by atoms with E-state index in [0.29, 0.717) is 12.2 Å². The molecule has 2 aromatic carbocycles. The Morgan fingerprint density at radius 1 is 1.06 bits per heavy atom. The third-order valence-corrected chi connectivity index (χ3v) is 4.87. The number of nitro benzene ring substituents is 1. The molecule has 1 aliphatic rings. The van der Waals surface area contributed by atoms with E-state index in [4.69, 9.17) is 9.47 Å². The molecule has 3 rings (SSSR count). The molecule has 0 radical (unpaired) electrons. The molecule has 0 unspecified atom stereocenters. The van der Waals surface area contributed by atoms with Crippen LogP contribution in [0.1, 0.15) is 56.6 Å². The Morgan fingerprint density at radius 2 is 1.81 bits per heavy atom. The molecule has 0 atom stereocenters. The highest BCUT2D eigenvalue weighted by atomic mass is 16.6. The molecule has 0 aromatic heterocycles. The number of ether oxygens (including phenoxy) is 2. The van der Waals surface area contributed by atoms with Gasteiger partial charge in [0.05, 0.1) is 11.5 Å². The van der Waals surface area contributed by atoms with Crippen LogP contribution in [0.25, 0.3) is 6.08 Å². The van der Waals surface area contributed by atoms with Gasteiger partial charge < -0.3 is 9.47 Å². The number of esters is 1. The molecule has 0 amide bonds.